The van der Waals surface area contributed by atoms with Gasteiger partial charge in [-0.15, -0.1) is 11.3 Å². The Morgan fingerprint density at radius 2 is 1.84 bits per heavy atom. The van der Waals surface area contributed by atoms with Crippen molar-refractivity contribution in [1.29, 1.82) is 0 Å². The van der Waals surface area contributed by atoms with E-state index in [1.54, 1.807) is 4.88 Å². The lowest BCUT2D eigenvalue weighted by Gasteiger charge is -2.12. The molecule has 19 heavy (non-hydrogen) atoms. The molecule has 2 heterocycles. The van der Waals surface area contributed by atoms with Gasteiger partial charge in [-0.1, -0.05) is 29.3 Å². The zero-order valence-corrected chi connectivity index (χ0v) is 13.0. The average Bonchev–Trinajstić information content (AvgIpc) is 2.80. The second-order valence-electron chi connectivity index (χ2n) is 5.30. The van der Waals surface area contributed by atoms with Gasteiger partial charge in [-0.2, -0.15) is 11.8 Å². The van der Waals surface area contributed by atoms with Crippen molar-refractivity contribution in [3.63, 3.8) is 0 Å². The smallest absolute Gasteiger partial charge is 0.0646 e. The van der Waals surface area contributed by atoms with Crippen LogP contribution in [0.4, 0.5) is 0 Å². The van der Waals surface area contributed by atoms with E-state index in [2.05, 4.69) is 38.1 Å². The summed E-state index contributed by atoms with van der Waals surface area (Å²) in [5.41, 5.74) is 11.8. The zero-order chi connectivity index (χ0) is 13.4. The Hall–Kier alpha value is -0.770. The van der Waals surface area contributed by atoms with Crippen molar-refractivity contribution in [2.75, 3.05) is 5.75 Å². The molecular formula is C16H19NS2. The molecule has 1 nitrogen and oxygen atoms in total. The second kappa shape index (κ2) is 5.31. The van der Waals surface area contributed by atoms with Gasteiger partial charge in [0.2, 0.25) is 0 Å². The number of hydrogen-bond acceptors (Lipinski definition) is 3. The van der Waals surface area contributed by atoms with Crippen molar-refractivity contribution in [3.05, 3.63) is 56.3 Å². The van der Waals surface area contributed by atoms with Crippen molar-refractivity contribution in [2.24, 2.45) is 5.73 Å². The third-order valence-electron chi connectivity index (χ3n) is 3.56. The molecule has 1 unspecified atom stereocenters. The summed E-state index contributed by atoms with van der Waals surface area (Å²) in [4.78, 5) is 2.87. The number of thiophene rings is 1. The predicted molar refractivity (Wildman–Crippen MR) is 86.1 cm³/mol. The minimum atomic E-state index is 0.0270. The molecule has 1 aliphatic heterocycles. The molecule has 0 fully saturated rings. The number of benzene rings is 1. The van der Waals surface area contributed by atoms with Gasteiger partial charge in [0.05, 0.1) is 6.04 Å². The highest BCUT2D eigenvalue weighted by Gasteiger charge is 2.18. The normalized spacial score (nSPS) is 16.2. The van der Waals surface area contributed by atoms with Gasteiger partial charge in [0.15, 0.2) is 0 Å². The molecule has 0 saturated carbocycles. The van der Waals surface area contributed by atoms with Crippen LogP contribution in [0.25, 0.3) is 0 Å². The molecule has 1 atom stereocenters. The number of fused-ring (bicyclic) bond motifs is 1. The molecule has 2 N–H and O–H groups in total. The molecule has 2 aromatic rings. The molecule has 100 valence electrons. The van der Waals surface area contributed by atoms with Crippen LogP contribution in [-0.2, 0) is 12.2 Å². The van der Waals surface area contributed by atoms with Gasteiger partial charge in [-0.3, -0.25) is 0 Å². The lowest BCUT2D eigenvalue weighted by Crippen LogP contribution is -2.10. The maximum atomic E-state index is 6.47. The molecular weight excluding hydrogens is 270 g/mol. The fourth-order valence-corrected chi connectivity index (χ4v) is 5.08. The zero-order valence-electron chi connectivity index (χ0n) is 11.4. The van der Waals surface area contributed by atoms with E-state index in [1.165, 1.54) is 39.3 Å². The minimum Gasteiger partial charge on any atom is -0.320 e. The summed E-state index contributed by atoms with van der Waals surface area (Å²) < 4.78 is 0. The van der Waals surface area contributed by atoms with E-state index in [4.69, 9.17) is 5.73 Å². The third-order valence-corrected chi connectivity index (χ3v) is 5.88. The van der Waals surface area contributed by atoms with Gasteiger partial charge < -0.3 is 5.73 Å². The number of aryl methyl sites for hydroxylation is 3. The highest BCUT2D eigenvalue weighted by Crippen LogP contribution is 2.35. The summed E-state index contributed by atoms with van der Waals surface area (Å²) in [6, 6.07) is 8.98. The van der Waals surface area contributed by atoms with Gasteiger partial charge in [-0.05, 0) is 43.2 Å². The largest absolute Gasteiger partial charge is 0.320 e. The quantitative estimate of drug-likeness (QED) is 0.896. The van der Waals surface area contributed by atoms with Crippen molar-refractivity contribution in [3.8, 4) is 0 Å². The summed E-state index contributed by atoms with van der Waals surface area (Å²) in [7, 11) is 0. The lowest BCUT2D eigenvalue weighted by atomic mass is 10.0. The summed E-state index contributed by atoms with van der Waals surface area (Å²) in [5, 5.41) is 0. The van der Waals surface area contributed by atoms with Crippen LogP contribution < -0.4 is 5.73 Å². The van der Waals surface area contributed by atoms with Crippen LogP contribution in [0.3, 0.4) is 0 Å². The summed E-state index contributed by atoms with van der Waals surface area (Å²) in [6.45, 7) is 4.28. The first kappa shape index (κ1) is 13.2. The van der Waals surface area contributed by atoms with Crippen LogP contribution in [0.15, 0.2) is 24.3 Å². The molecule has 0 aliphatic carbocycles. The first-order valence-corrected chi connectivity index (χ1v) is 8.63. The van der Waals surface area contributed by atoms with E-state index >= 15 is 0 Å². The Bertz CT molecular complexity index is 557. The molecule has 1 aromatic heterocycles. The molecule has 0 bridgehead atoms. The first-order valence-electron chi connectivity index (χ1n) is 6.66. The second-order valence-corrected chi connectivity index (χ2v) is 7.57. The minimum absolute atomic E-state index is 0.0270. The van der Waals surface area contributed by atoms with Gasteiger partial charge in [0.25, 0.3) is 0 Å². The van der Waals surface area contributed by atoms with E-state index in [9.17, 15) is 0 Å². The predicted octanol–water partition coefficient (Wildman–Crippen LogP) is 4.20. The first-order chi connectivity index (χ1) is 9.13. The lowest BCUT2D eigenvalue weighted by molar-refractivity contribution is 0.888. The monoisotopic (exact) mass is 289 g/mol. The van der Waals surface area contributed by atoms with Crippen LogP contribution in [-0.4, -0.2) is 5.75 Å². The van der Waals surface area contributed by atoms with E-state index < -0.39 is 0 Å². The number of rotatable bonds is 2. The molecule has 1 aliphatic rings. The van der Waals surface area contributed by atoms with Crippen molar-refractivity contribution in [2.45, 2.75) is 32.1 Å². The van der Waals surface area contributed by atoms with Crippen LogP contribution in [0.5, 0.6) is 0 Å². The van der Waals surface area contributed by atoms with E-state index in [0.717, 1.165) is 5.75 Å². The number of nitrogens with two attached hydrogens (primary N) is 1. The fraction of sp³-hybridized carbons (Fsp3) is 0.375. The molecule has 3 heteroatoms. The Kier molecular flexibility index (Phi) is 3.70. The highest BCUT2D eigenvalue weighted by atomic mass is 32.2. The summed E-state index contributed by atoms with van der Waals surface area (Å²) in [6.07, 6.45) is 1.21. The molecule has 0 spiro atoms. The van der Waals surface area contributed by atoms with Crippen LogP contribution in [0, 0.1) is 13.8 Å². The SMILES string of the molecule is Cc1cc(C)cc(C(N)c2cc3c(s2)CCSC3)c1. The van der Waals surface area contributed by atoms with E-state index in [0.29, 0.717) is 0 Å². The summed E-state index contributed by atoms with van der Waals surface area (Å²) >= 11 is 3.94. The standard InChI is InChI=1S/C16H19NS2/c1-10-5-11(2)7-12(6-10)16(17)15-8-13-9-18-4-3-14(13)19-15/h5-8,16H,3-4,9,17H2,1-2H3. The number of hydrogen-bond donors (Lipinski definition) is 1. The molecule has 0 radical (unpaired) electrons. The Balaban J connectivity index is 1.94. The molecule has 3 rings (SSSR count). The van der Waals surface area contributed by atoms with Gasteiger partial charge in [-0.25, -0.2) is 0 Å². The topological polar surface area (TPSA) is 26.0 Å². The van der Waals surface area contributed by atoms with Gasteiger partial charge in [0, 0.05) is 15.5 Å². The Morgan fingerprint density at radius 1 is 1.11 bits per heavy atom. The molecule has 0 saturated heterocycles. The van der Waals surface area contributed by atoms with Crippen molar-refractivity contribution < 1.29 is 0 Å². The van der Waals surface area contributed by atoms with Crippen LogP contribution in [0.2, 0.25) is 0 Å². The van der Waals surface area contributed by atoms with Crippen molar-refractivity contribution >= 4 is 23.1 Å². The molecule has 0 amide bonds. The maximum absolute atomic E-state index is 6.47. The Labute approximate surface area is 123 Å². The van der Waals surface area contributed by atoms with Gasteiger partial charge in [0.1, 0.15) is 0 Å². The van der Waals surface area contributed by atoms with Gasteiger partial charge >= 0.3 is 0 Å². The fourth-order valence-electron chi connectivity index (χ4n) is 2.68. The summed E-state index contributed by atoms with van der Waals surface area (Å²) in [5.74, 6) is 2.41. The average molecular weight is 289 g/mol. The van der Waals surface area contributed by atoms with E-state index in [1.807, 2.05) is 23.1 Å². The van der Waals surface area contributed by atoms with Crippen LogP contribution >= 0.6 is 23.1 Å². The van der Waals surface area contributed by atoms with E-state index in [-0.39, 0.29) is 6.04 Å². The maximum Gasteiger partial charge on any atom is 0.0646 e. The third kappa shape index (κ3) is 2.73. The van der Waals surface area contributed by atoms with Crippen LogP contribution in [0.1, 0.15) is 38.0 Å². The molecule has 1 aromatic carbocycles. The van der Waals surface area contributed by atoms with Crippen molar-refractivity contribution in [1.82, 2.24) is 0 Å². The Morgan fingerprint density at radius 3 is 2.53 bits per heavy atom. The highest BCUT2D eigenvalue weighted by molar-refractivity contribution is 7.98. The number of thioether (sulfide) groups is 1.